The number of nitrogens with one attached hydrogen (secondary N) is 1. The van der Waals surface area contributed by atoms with Gasteiger partial charge in [0.1, 0.15) is 0 Å². The van der Waals surface area contributed by atoms with E-state index in [9.17, 15) is 0 Å². The van der Waals surface area contributed by atoms with Gasteiger partial charge in [-0.05, 0) is 6.42 Å². The van der Waals surface area contributed by atoms with Crippen molar-refractivity contribution in [1.29, 1.82) is 0 Å². The molecule has 0 saturated heterocycles. The van der Waals surface area contributed by atoms with Crippen LogP contribution in [0.3, 0.4) is 0 Å². The minimum atomic E-state index is 0.451. The van der Waals surface area contributed by atoms with Gasteiger partial charge in [-0.2, -0.15) is 0 Å². The molecule has 0 radical (unpaired) electrons. The number of thiazole rings is 1. The summed E-state index contributed by atoms with van der Waals surface area (Å²) in [6, 6.07) is 0.451. The van der Waals surface area contributed by atoms with Gasteiger partial charge in [-0.15, -0.1) is 11.3 Å². The number of rotatable bonds is 6. The zero-order chi connectivity index (χ0) is 9.52. The van der Waals surface area contributed by atoms with Crippen LogP contribution in [0.4, 0.5) is 0 Å². The van der Waals surface area contributed by atoms with Crippen LogP contribution in [-0.4, -0.2) is 24.7 Å². The van der Waals surface area contributed by atoms with Gasteiger partial charge in [0.2, 0.25) is 0 Å². The first-order valence-corrected chi connectivity index (χ1v) is 5.34. The summed E-state index contributed by atoms with van der Waals surface area (Å²) in [6.07, 6.45) is 2.99. The van der Waals surface area contributed by atoms with Crippen molar-refractivity contribution in [3.63, 3.8) is 0 Å². The molecule has 1 aromatic heterocycles. The highest BCUT2D eigenvalue weighted by molar-refractivity contribution is 7.09. The van der Waals surface area contributed by atoms with Gasteiger partial charge < -0.3 is 10.1 Å². The number of hydrogen-bond acceptors (Lipinski definition) is 4. The third-order valence-electron chi connectivity index (χ3n) is 1.91. The zero-order valence-corrected chi connectivity index (χ0v) is 8.93. The summed E-state index contributed by atoms with van der Waals surface area (Å²) in [5.41, 5.74) is 1.86. The monoisotopic (exact) mass is 200 g/mol. The van der Waals surface area contributed by atoms with Crippen molar-refractivity contribution in [2.75, 3.05) is 13.7 Å². The fourth-order valence-electron chi connectivity index (χ4n) is 1.10. The Morgan fingerprint density at radius 3 is 3.08 bits per heavy atom. The molecule has 0 aromatic carbocycles. The summed E-state index contributed by atoms with van der Waals surface area (Å²) < 4.78 is 5.09. The first-order chi connectivity index (χ1) is 6.36. The van der Waals surface area contributed by atoms with Gasteiger partial charge in [-0.3, -0.25) is 4.98 Å². The van der Waals surface area contributed by atoms with Crippen molar-refractivity contribution in [3.05, 3.63) is 16.6 Å². The lowest BCUT2D eigenvalue weighted by Gasteiger charge is -2.14. The van der Waals surface area contributed by atoms with Crippen LogP contribution in [0.1, 0.15) is 18.2 Å². The molecule has 1 atom stereocenters. The fraction of sp³-hybridized carbons (Fsp3) is 0.667. The van der Waals surface area contributed by atoms with E-state index in [1.807, 2.05) is 11.7 Å². The zero-order valence-electron chi connectivity index (χ0n) is 8.12. The highest BCUT2D eigenvalue weighted by Crippen LogP contribution is 2.05. The minimum Gasteiger partial charge on any atom is -0.383 e. The normalized spacial score (nSPS) is 13.1. The van der Waals surface area contributed by atoms with Gasteiger partial charge in [0.25, 0.3) is 0 Å². The molecule has 0 aliphatic rings. The van der Waals surface area contributed by atoms with Crippen molar-refractivity contribution >= 4 is 11.3 Å². The molecule has 0 saturated carbocycles. The van der Waals surface area contributed by atoms with Gasteiger partial charge in [-0.25, -0.2) is 0 Å². The van der Waals surface area contributed by atoms with Crippen LogP contribution in [0.2, 0.25) is 0 Å². The van der Waals surface area contributed by atoms with E-state index >= 15 is 0 Å². The fourth-order valence-corrected chi connectivity index (χ4v) is 1.64. The third kappa shape index (κ3) is 3.85. The van der Waals surface area contributed by atoms with Gasteiger partial charge in [-0.1, -0.05) is 6.92 Å². The molecular weight excluding hydrogens is 184 g/mol. The lowest BCUT2D eigenvalue weighted by atomic mass is 10.2. The van der Waals surface area contributed by atoms with Gasteiger partial charge >= 0.3 is 0 Å². The Morgan fingerprint density at radius 1 is 1.69 bits per heavy atom. The van der Waals surface area contributed by atoms with Gasteiger partial charge in [0, 0.05) is 30.8 Å². The molecule has 0 aliphatic heterocycles. The van der Waals surface area contributed by atoms with Crippen molar-refractivity contribution in [2.24, 2.45) is 0 Å². The smallest absolute Gasteiger partial charge is 0.0794 e. The Morgan fingerprint density at radius 2 is 2.54 bits per heavy atom. The number of ether oxygens (including phenoxy) is 1. The van der Waals surface area contributed by atoms with E-state index in [1.165, 1.54) is 4.88 Å². The maximum atomic E-state index is 5.09. The second-order valence-electron chi connectivity index (χ2n) is 2.91. The predicted molar refractivity (Wildman–Crippen MR) is 54.9 cm³/mol. The van der Waals surface area contributed by atoms with Crippen LogP contribution in [0.15, 0.2) is 11.7 Å². The van der Waals surface area contributed by atoms with Crippen LogP contribution >= 0.6 is 11.3 Å². The SMILES string of the molecule is CC[C@H](COC)NCc1cncs1. The highest BCUT2D eigenvalue weighted by Gasteiger charge is 2.04. The van der Waals surface area contributed by atoms with Crippen LogP contribution in [-0.2, 0) is 11.3 Å². The van der Waals surface area contributed by atoms with Crippen LogP contribution in [0.5, 0.6) is 0 Å². The first kappa shape index (κ1) is 10.6. The molecule has 13 heavy (non-hydrogen) atoms. The van der Waals surface area contributed by atoms with Crippen molar-refractivity contribution in [1.82, 2.24) is 10.3 Å². The molecule has 1 N–H and O–H groups in total. The minimum absolute atomic E-state index is 0.451. The average Bonchev–Trinajstić information content (AvgIpc) is 2.64. The summed E-state index contributed by atoms with van der Waals surface area (Å²) in [5.74, 6) is 0. The average molecular weight is 200 g/mol. The van der Waals surface area contributed by atoms with Crippen LogP contribution in [0, 0.1) is 0 Å². The Hall–Kier alpha value is -0.450. The molecular formula is C9H16N2OS. The molecule has 0 bridgehead atoms. The van der Waals surface area contributed by atoms with Gasteiger partial charge in [0.15, 0.2) is 0 Å². The second kappa shape index (κ2) is 6.07. The first-order valence-electron chi connectivity index (χ1n) is 4.46. The molecule has 0 aliphatic carbocycles. The number of nitrogens with zero attached hydrogens (tertiary/aromatic N) is 1. The van der Waals surface area contributed by atoms with E-state index in [1.54, 1.807) is 18.4 Å². The number of aromatic nitrogens is 1. The predicted octanol–water partition coefficient (Wildman–Crippen LogP) is 1.66. The molecule has 74 valence electrons. The van der Waals surface area contributed by atoms with E-state index in [-0.39, 0.29) is 0 Å². The maximum absolute atomic E-state index is 5.09. The summed E-state index contributed by atoms with van der Waals surface area (Å²) in [5, 5.41) is 3.42. The lowest BCUT2D eigenvalue weighted by Crippen LogP contribution is -2.31. The number of hydrogen-bond donors (Lipinski definition) is 1. The standard InChI is InChI=1S/C9H16N2OS/c1-3-8(6-12-2)11-5-9-4-10-7-13-9/h4,7-8,11H,3,5-6H2,1-2H3/t8-/m1/s1. The van der Waals surface area contributed by atoms with Crippen molar-refractivity contribution in [3.8, 4) is 0 Å². The molecule has 1 heterocycles. The molecule has 0 unspecified atom stereocenters. The molecule has 0 amide bonds. The van der Waals surface area contributed by atoms with Gasteiger partial charge in [0.05, 0.1) is 12.1 Å². The summed E-state index contributed by atoms with van der Waals surface area (Å²) in [6.45, 7) is 3.82. The van der Waals surface area contributed by atoms with Crippen LogP contribution in [0.25, 0.3) is 0 Å². The topological polar surface area (TPSA) is 34.1 Å². The summed E-state index contributed by atoms with van der Waals surface area (Å²) in [4.78, 5) is 5.29. The summed E-state index contributed by atoms with van der Waals surface area (Å²) in [7, 11) is 1.73. The Labute approximate surface area is 83.1 Å². The highest BCUT2D eigenvalue weighted by atomic mass is 32.1. The van der Waals surface area contributed by atoms with Crippen molar-refractivity contribution < 1.29 is 4.74 Å². The second-order valence-corrected chi connectivity index (χ2v) is 3.88. The maximum Gasteiger partial charge on any atom is 0.0794 e. The third-order valence-corrected chi connectivity index (χ3v) is 2.69. The van der Waals surface area contributed by atoms with E-state index in [0.29, 0.717) is 6.04 Å². The van der Waals surface area contributed by atoms with E-state index in [4.69, 9.17) is 4.74 Å². The van der Waals surface area contributed by atoms with E-state index in [2.05, 4.69) is 17.2 Å². The molecule has 0 fully saturated rings. The largest absolute Gasteiger partial charge is 0.383 e. The molecule has 0 spiro atoms. The van der Waals surface area contributed by atoms with E-state index in [0.717, 1.165) is 19.6 Å². The molecule has 1 rings (SSSR count). The number of methoxy groups -OCH3 is 1. The van der Waals surface area contributed by atoms with Crippen LogP contribution < -0.4 is 5.32 Å². The quantitative estimate of drug-likeness (QED) is 0.758. The molecule has 4 heteroatoms. The molecule has 1 aromatic rings. The lowest BCUT2D eigenvalue weighted by molar-refractivity contribution is 0.164. The Kier molecular flexibility index (Phi) is 4.97. The van der Waals surface area contributed by atoms with Crippen molar-refractivity contribution in [2.45, 2.75) is 25.9 Å². The molecule has 3 nitrogen and oxygen atoms in total. The van der Waals surface area contributed by atoms with E-state index < -0.39 is 0 Å². The Bertz CT molecular complexity index is 213. The summed E-state index contributed by atoms with van der Waals surface area (Å²) >= 11 is 1.68. The Balaban J connectivity index is 2.23.